The van der Waals surface area contributed by atoms with Crippen LogP contribution < -0.4 is 5.73 Å². The maximum atomic E-state index is 6.03. The minimum atomic E-state index is 0.247. The van der Waals surface area contributed by atoms with Crippen LogP contribution in [0.1, 0.15) is 25.3 Å². The highest BCUT2D eigenvalue weighted by Crippen LogP contribution is 2.25. The quantitative estimate of drug-likeness (QED) is 0.842. The van der Waals surface area contributed by atoms with Crippen LogP contribution in [0.3, 0.4) is 0 Å². The molecule has 0 radical (unpaired) electrons. The fourth-order valence-corrected chi connectivity index (χ4v) is 1.96. The lowest BCUT2D eigenvalue weighted by Gasteiger charge is -2.08. The van der Waals surface area contributed by atoms with Crippen molar-refractivity contribution < 1.29 is 0 Å². The summed E-state index contributed by atoms with van der Waals surface area (Å²) in [4.78, 5) is 0. The Morgan fingerprint density at radius 3 is 2.36 bits per heavy atom. The van der Waals surface area contributed by atoms with Crippen LogP contribution in [0.5, 0.6) is 0 Å². The Morgan fingerprint density at radius 2 is 1.86 bits per heavy atom. The van der Waals surface area contributed by atoms with Gasteiger partial charge in [0.05, 0.1) is 0 Å². The van der Waals surface area contributed by atoms with E-state index in [-0.39, 0.29) is 6.04 Å². The molecule has 0 saturated heterocycles. The monoisotopic (exact) mass is 231 g/mol. The van der Waals surface area contributed by atoms with Crippen LogP contribution in [0.15, 0.2) is 18.2 Å². The highest BCUT2D eigenvalue weighted by molar-refractivity contribution is 6.35. The molecule has 2 N–H and O–H groups in total. The van der Waals surface area contributed by atoms with Crippen LogP contribution in [0, 0.1) is 0 Å². The fourth-order valence-electron chi connectivity index (χ4n) is 1.37. The summed E-state index contributed by atoms with van der Waals surface area (Å²) in [6.07, 6.45) is 2.93. The van der Waals surface area contributed by atoms with E-state index >= 15 is 0 Å². The van der Waals surface area contributed by atoms with Crippen molar-refractivity contribution in [3.8, 4) is 0 Å². The molecule has 0 bridgehead atoms. The van der Waals surface area contributed by atoms with Crippen molar-refractivity contribution in [1.82, 2.24) is 0 Å². The van der Waals surface area contributed by atoms with E-state index in [2.05, 4.69) is 0 Å². The first kappa shape index (κ1) is 11.8. The smallest absolute Gasteiger partial charge is 0.0452 e. The first-order valence-electron chi connectivity index (χ1n) is 4.79. The molecule has 0 saturated carbocycles. The summed E-state index contributed by atoms with van der Waals surface area (Å²) in [5.74, 6) is 0. The van der Waals surface area contributed by atoms with Crippen molar-refractivity contribution in [3.63, 3.8) is 0 Å². The minimum Gasteiger partial charge on any atom is -0.328 e. The first-order chi connectivity index (χ1) is 6.61. The molecule has 1 aromatic rings. The second-order valence-electron chi connectivity index (χ2n) is 3.57. The lowest BCUT2D eigenvalue weighted by molar-refractivity contribution is 0.624. The summed E-state index contributed by atoms with van der Waals surface area (Å²) >= 11 is 12.1. The van der Waals surface area contributed by atoms with Gasteiger partial charge in [-0.05, 0) is 43.9 Å². The normalized spacial score (nSPS) is 12.9. The molecule has 0 spiro atoms. The Morgan fingerprint density at radius 1 is 1.29 bits per heavy atom. The number of hydrogen-bond acceptors (Lipinski definition) is 1. The van der Waals surface area contributed by atoms with Crippen molar-refractivity contribution in [2.45, 2.75) is 32.2 Å². The van der Waals surface area contributed by atoms with E-state index in [1.165, 1.54) is 0 Å². The van der Waals surface area contributed by atoms with Gasteiger partial charge in [0.15, 0.2) is 0 Å². The third-order valence-corrected chi connectivity index (χ3v) is 2.86. The topological polar surface area (TPSA) is 26.0 Å². The molecule has 0 aliphatic carbocycles. The molecule has 1 aromatic carbocycles. The molecule has 1 rings (SSSR count). The molecule has 0 fully saturated rings. The molecule has 0 aliphatic rings. The van der Waals surface area contributed by atoms with E-state index in [1.54, 1.807) is 0 Å². The molecular weight excluding hydrogens is 217 g/mol. The predicted molar refractivity (Wildman–Crippen MR) is 63.0 cm³/mol. The van der Waals surface area contributed by atoms with Gasteiger partial charge in [-0.1, -0.05) is 29.3 Å². The van der Waals surface area contributed by atoms with Gasteiger partial charge in [-0.3, -0.25) is 0 Å². The van der Waals surface area contributed by atoms with Gasteiger partial charge in [-0.15, -0.1) is 0 Å². The van der Waals surface area contributed by atoms with Gasteiger partial charge in [0.25, 0.3) is 0 Å². The molecule has 3 heteroatoms. The van der Waals surface area contributed by atoms with Crippen LogP contribution in [-0.4, -0.2) is 6.04 Å². The third kappa shape index (κ3) is 3.49. The molecule has 0 heterocycles. The highest BCUT2D eigenvalue weighted by atomic mass is 35.5. The second kappa shape index (κ2) is 5.59. The van der Waals surface area contributed by atoms with Gasteiger partial charge in [-0.25, -0.2) is 0 Å². The van der Waals surface area contributed by atoms with Crippen molar-refractivity contribution >= 4 is 23.2 Å². The fraction of sp³-hybridized carbons (Fsp3) is 0.455. The van der Waals surface area contributed by atoms with Crippen molar-refractivity contribution in [2.24, 2.45) is 5.73 Å². The zero-order valence-corrected chi connectivity index (χ0v) is 9.78. The second-order valence-corrected chi connectivity index (χ2v) is 4.38. The van der Waals surface area contributed by atoms with Crippen LogP contribution in [0.25, 0.3) is 0 Å². The summed E-state index contributed by atoms with van der Waals surface area (Å²) in [7, 11) is 0. The first-order valence-corrected chi connectivity index (χ1v) is 5.55. The van der Waals surface area contributed by atoms with Gasteiger partial charge in [0.1, 0.15) is 0 Å². The molecule has 1 atom stereocenters. The number of hydrogen-bond donors (Lipinski definition) is 1. The predicted octanol–water partition coefficient (Wildman–Crippen LogP) is 3.66. The Bertz CT molecular complexity index is 277. The van der Waals surface area contributed by atoms with Gasteiger partial charge in [-0.2, -0.15) is 0 Å². The molecule has 78 valence electrons. The van der Waals surface area contributed by atoms with Gasteiger partial charge >= 0.3 is 0 Å². The molecular formula is C11H15Cl2N. The Labute approximate surface area is 95.2 Å². The zero-order chi connectivity index (χ0) is 10.6. The summed E-state index contributed by atoms with van der Waals surface area (Å²) in [5.41, 5.74) is 6.71. The van der Waals surface area contributed by atoms with E-state index < -0.39 is 0 Å². The van der Waals surface area contributed by atoms with E-state index in [9.17, 15) is 0 Å². The van der Waals surface area contributed by atoms with Crippen LogP contribution in [0.2, 0.25) is 10.0 Å². The number of rotatable bonds is 4. The van der Waals surface area contributed by atoms with Gasteiger partial charge in [0, 0.05) is 16.1 Å². The summed E-state index contributed by atoms with van der Waals surface area (Å²) < 4.78 is 0. The van der Waals surface area contributed by atoms with Crippen molar-refractivity contribution in [2.75, 3.05) is 0 Å². The third-order valence-electron chi connectivity index (χ3n) is 2.15. The average Bonchev–Trinajstić information content (AvgIpc) is 2.09. The maximum absolute atomic E-state index is 6.03. The molecule has 1 unspecified atom stereocenters. The Hall–Kier alpha value is -0.240. The largest absolute Gasteiger partial charge is 0.328 e. The van der Waals surface area contributed by atoms with E-state index in [0.717, 1.165) is 34.9 Å². The number of benzene rings is 1. The standard InChI is InChI=1S/C11H15Cl2N/c1-8(14)4-2-5-9-10(12)6-3-7-11(9)13/h3,6-8H,2,4-5,14H2,1H3. The summed E-state index contributed by atoms with van der Waals surface area (Å²) in [6.45, 7) is 2.01. The molecule has 0 aliphatic heterocycles. The molecule has 1 nitrogen and oxygen atoms in total. The average molecular weight is 232 g/mol. The lowest BCUT2D eigenvalue weighted by atomic mass is 10.1. The van der Waals surface area contributed by atoms with Crippen LogP contribution in [-0.2, 0) is 6.42 Å². The lowest BCUT2D eigenvalue weighted by Crippen LogP contribution is -2.14. The van der Waals surface area contributed by atoms with Crippen LogP contribution >= 0.6 is 23.2 Å². The molecule has 14 heavy (non-hydrogen) atoms. The Balaban J connectivity index is 2.58. The Kier molecular flexibility index (Phi) is 4.73. The highest BCUT2D eigenvalue weighted by Gasteiger charge is 2.05. The van der Waals surface area contributed by atoms with Crippen molar-refractivity contribution in [1.29, 1.82) is 0 Å². The molecule has 0 aromatic heterocycles. The van der Waals surface area contributed by atoms with Crippen LogP contribution in [0.4, 0.5) is 0 Å². The molecule has 0 amide bonds. The SMILES string of the molecule is CC(N)CCCc1c(Cl)cccc1Cl. The summed E-state index contributed by atoms with van der Waals surface area (Å²) in [6, 6.07) is 5.85. The maximum Gasteiger partial charge on any atom is 0.0452 e. The number of nitrogens with two attached hydrogens (primary N) is 1. The van der Waals surface area contributed by atoms with Gasteiger partial charge < -0.3 is 5.73 Å². The van der Waals surface area contributed by atoms with E-state index in [4.69, 9.17) is 28.9 Å². The van der Waals surface area contributed by atoms with E-state index in [1.807, 2.05) is 25.1 Å². The minimum absolute atomic E-state index is 0.247. The van der Waals surface area contributed by atoms with Crippen molar-refractivity contribution in [3.05, 3.63) is 33.8 Å². The van der Waals surface area contributed by atoms with Gasteiger partial charge in [0.2, 0.25) is 0 Å². The summed E-state index contributed by atoms with van der Waals surface area (Å²) in [5, 5.41) is 1.50. The van der Waals surface area contributed by atoms with E-state index in [0.29, 0.717) is 0 Å². The zero-order valence-electron chi connectivity index (χ0n) is 8.26. The number of halogens is 2.